The van der Waals surface area contributed by atoms with Gasteiger partial charge in [-0.15, -0.1) is 0 Å². The number of nitro benzene ring substituents is 1. The molecule has 27 heavy (non-hydrogen) atoms. The third kappa shape index (κ3) is 4.50. The average Bonchev–Trinajstić information content (AvgIpc) is 3.07. The predicted molar refractivity (Wildman–Crippen MR) is 101 cm³/mol. The van der Waals surface area contributed by atoms with Gasteiger partial charge in [-0.1, -0.05) is 23.0 Å². The molecule has 2 aromatic heterocycles. The summed E-state index contributed by atoms with van der Waals surface area (Å²) in [5.41, 5.74) is 1.97. The number of rotatable bonds is 6. The van der Waals surface area contributed by atoms with Crippen LogP contribution >= 0.6 is 11.8 Å². The lowest BCUT2D eigenvalue weighted by molar-refractivity contribution is -0.385. The van der Waals surface area contributed by atoms with Crippen LogP contribution in [0.3, 0.4) is 0 Å². The van der Waals surface area contributed by atoms with Gasteiger partial charge in [0.1, 0.15) is 10.8 Å². The minimum absolute atomic E-state index is 0.0463. The van der Waals surface area contributed by atoms with E-state index in [1.807, 2.05) is 13.0 Å². The number of anilines is 1. The van der Waals surface area contributed by atoms with E-state index in [1.54, 1.807) is 37.4 Å². The average molecular weight is 384 g/mol. The second kappa shape index (κ2) is 8.00. The summed E-state index contributed by atoms with van der Waals surface area (Å²) in [4.78, 5) is 27.5. The molecule has 3 aromatic rings. The maximum atomic E-state index is 12.6. The molecule has 0 saturated heterocycles. The summed E-state index contributed by atoms with van der Waals surface area (Å²) >= 11 is 1.36. The Balaban J connectivity index is 1.77. The molecule has 138 valence electrons. The fourth-order valence-corrected chi connectivity index (χ4v) is 3.26. The highest BCUT2D eigenvalue weighted by Gasteiger charge is 2.16. The van der Waals surface area contributed by atoms with Gasteiger partial charge in [-0.3, -0.25) is 14.9 Å². The van der Waals surface area contributed by atoms with Crippen molar-refractivity contribution < 1.29 is 14.2 Å². The number of pyridine rings is 1. The summed E-state index contributed by atoms with van der Waals surface area (Å²) in [6.45, 7) is 3.45. The van der Waals surface area contributed by atoms with Crippen molar-refractivity contribution in [1.82, 2.24) is 10.1 Å². The van der Waals surface area contributed by atoms with Crippen LogP contribution in [0.1, 0.15) is 27.4 Å². The molecule has 1 N–H and O–H groups in total. The Hall–Kier alpha value is -3.20. The summed E-state index contributed by atoms with van der Waals surface area (Å²) in [5.74, 6) is 0.829. The summed E-state index contributed by atoms with van der Waals surface area (Å²) in [6, 6.07) is 9.70. The summed E-state index contributed by atoms with van der Waals surface area (Å²) in [6.07, 6.45) is 1.60. The van der Waals surface area contributed by atoms with Crippen LogP contribution in [0.5, 0.6) is 0 Å². The highest BCUT2D eigenvalue weighted by atomic mass is 32.2. The second-order valence-electron chi connectivity index (χ2n) is 5.79. The molecule has 9 heteroatoms. The van der Waals surface area contributed by atoms with Crippen LogP contribution in [0.2, 0.25) is 0 Å². The van der Waals surface area contributed by atoms with Gasteiger partial charge in [0.05, 0.1) is 16.2 Å². The van der Waals surface area contributed by atoms with Crippen molar-refractivity contribution in [1.29, 1.82) is 0 Å². The maximum absolute atomic E-state index is 12.6. The molecule has 0 aliphatic heterocycles. The number of aryl methyl sites for hydroxylation is 2. The van der Waals surface area contributed by atoms with E-state index in [0.717, 1.165) is 5.69 Å². The van der Waals surface area contributed by atoms with Crippen molar-refractivity contribution in [3.05, 3.63) is 75.3 Å². The molecule has 0 radical (unpaired) electrons. The zero-order valence-corrected chi connectivity index (χ0v) is 15.4. The van der Waals surface area contributed by atoms with Gasteiger partial charge < -0.3 is 9.84 Å². The fourth-order valence-electron chi connectivity index (χ4n) is 2.39. The number of nitro groups is 1. The molecule has 1 aromatic carbocycles. The second-order valence-corrected chi connectivity index (χ2v) is 6.75. The van der Waals surface area contributed by atoms with E-state index in [9.17, 15) is 14.9 Å². The number of amides is 1. The molecule has 1 amide bonds. The lowest BCUT2D eigenvalue weighted by atomic mass is 10.2. The maximum Gasteiger partial charge on any atom is 0.274 e. The molecule has 0 unspecified atom stereocenters. The first-order chi connectivity index (χ1) is 12.9. The Labute approximate surface area is 159 Å². The van der Waals surface area contributed by atoms with Crippen LogP contribution in [0, 0.1) is 24.0 Å². The standard InChI is InChI=1S/C18H16N4O4S/c1-11-5-6-13(9-16(11)22(24)25)20-17(23)15-4-3-7-19-18(15)27-10-14-8-12(2)26-21-14/h3-9H,10H2,1-2H3,(H,20,23). The summed E-state index contributed by atoms with van der Waals surface area (Å²) < 4.78 is 5.03. The zero-order valence-electron chi connectivity index (χ0n) is 14.6. The predicted octanol–water partition coefficient (Wildman–Crippen LogP) is 4.14. The van der Waals surface area contributed by atoms with E-state index < -0.39 is 4.92 Å². The number of thioether (sulfide) groups is 1. The van der Waals surface area contributed by atoms with Crippen LogP contribution in [0.25, 0.3) is 0 Å². The quantitative estimate of drug-likeness (QED) is 0.386. The van der Waals surface area contributed by atoms with Gasteiger partial charge in [0, 0.05) is 35.3 Å². The lowest BCUT2D eigenvalue weighted by Crippen LogP contribution is -2.14. The van der Waals surface area contributed by atoms with Gasteiger partial charge in [-0.25, -0.2) is 4.98 Å². The zero-order chi connectivity index (χ0) is 19.4. The number of carbonyl (C=O) groups excluding carboxylic acids is 1. The van der Waals surface area contributed by atoms with E-state index >= 15 is 0 Å². The van der Waals surface area contributed by atoms with Gasteiger partial charge in [0.15, 0.2) is 0 Å². The SMILES string of the molecule is Cc1cc(CSc2ncccc2C(=O)Nc2ccc(C)c([N+](=O)[O-])c2)no1. The number of hydrogen-bond acceptors (Lipinski definition) is 7. The third-order valence-electron chi connectivity index (χ3n) is 3.71. The van der Waals surface area contributed by atoms with E-state index in [1.165, 1.54) is 17.8 Å². The van der Waals surface area contributed by atoms with Crippen LogP contribution in [-0.4, -0.2) is 21.0 Å². The van der Waals surface area contributed by atoms with E-state index in [2.05, 4.69) is 15.5 Å². The Bertz CT molecular complexity index is 1000. The first-order valence-electron chi connectivity index (χ1n) is 8.00. The normalized spacial score (nSPS) is 10.6. The summed E-state index contributed by atoms with van der Waals surface area (Å²) in [5, 5.41) is 18.2. The Morgan fingerprint density at radius 2 is 2.11 bits per heavy atom. The van der Waals surface area contributed by atoms with Gasteiger partial charge in [-0.05, 0) is 32.0 Å². The number of hydrogen-bond donors (Lipinski definition) is 1. The Morgan fingerprint density at radius 1 is 1.30 bits per heavy atom. The molecule has 0 saturated carbocycles. The molecule has 3 rings (SSSR count). The Kier molecular flexibility index (Phi) is 5.51. The molecular formula is C18H16N4O4S. The number of aromatic nitrogens is 2. The monoisotopic (exact) mass is 384 g/mol. The van der Waals surface area contributed by atoms with E-state index in [-0.39, 0.29) is 11.6 Å². The van der Waals surface area contributed by atoms with Crippen molar-refractivity contribution >= 4 is 29.0 Å². The highest BCUT2D eigenvalue weighted by Crippen LogP contribution is 2.26. The highest BCUT2D eigenvalue weighted by molar-refractivity contribution is 7.98. The van der Waals surface area contributed by atoms with E-state index in [4.69, 9.17) is 4.52 Å². The number of benzene rings is 1. The van der Waals surface area contributed by atoms with Gasteiger partial charge in [-0.2, -0.15) is 0 Å². The number of carbonyl (C=O) groups is 1. The number of nitrogens with zero attached hydrogens (tertiary/aromatic N) is 3. The van der Waals surface area contributed by atoms with E-state index in [0.29, 0.717) is 33.4 Å². The fraction of sp³-hybridized carbons (Fsp3) is 0.167. The van der Waals surface area contributed by atoms with Crippen LogP contribution in [0.4, 0.5) is 11.4 Å². The largest absolute Gasteiger partial charge is 0.361 e. The summed E-state index contributed by atoms with van der Waals surface area (Å²) in [7, 11) is 0. The minimum atomic E-state index is -0.476. The van der Waals surface area contributed by atoms with Gasteiger partial charge >= 0.3 is 0 Å². The molecule has 0 aliphatic rings. The van der Waals surface area contributed by atoms with Crippen molar-refractivity contribution in [2.24, 2.45) is 0 Å². The molecule has 0 spiro atoms. The molecule has 2 heterocycles. The first-order valence-corrected chi connectivity index (χ1v) is 8.99. The number of nitrogens with one attached hydrogen (secondary N) is 1. The van der Waals surface area contributed by atoms with Crippen molar-refractivity contribution in [3.63, 3.8) is 0 Å². The minimum Gasteiger partial charge on any atom is -0.361 e. The molecule has 0 fully saturated rings. The van der Waals surface area contributed by atoms with Gasteiger partial charge in [0.25, 0.3) is 11.6 Å². The molecule has 0 atom stereocenters. The first kappa shape index (κ1) is 18.6. The Morgan fingerprint density at radius 3 is 2.81 bits per heavy atom. The molecule has 0 aliphatic carbocycles. The van der Waals surface area contributed by atoms with Crippen molar-refractivity contribution in [2.75, 3.05) is 5.32 Å². The van der Waals surface area contributed by atoms with Crippen LogP contribution in [0.15, 0.2) is 52.1 Å². The van der Waals surface area contributed by atoms with Gasteiger partial charge in [0.2, 0.25) is 0 Å². The third-order valence-corrected chi connectivity index (χ3v) is 4.75. The lowest BCUT2D eigenvalue weighted by Gasteiger charge is -2.09. The van der Waals surface area contributed by atoms with Crippen LogP contribution in [-0.2, 0) is 5.75 Å². The van der Waals surface area contributed by atoms with Crippen molar-refractivity contribution in [3.8, 4) is 0 Å². The van der Waals surface area contributed by atoms with Crippen LogP contribution < -0.4 is 5.32 Å². The van der Waals surface area contributed by atoms with Crippen molar-refractivity contribution in [2.45, 2.75) is 24.6 Å². The smallest absolute Gasteiger partial charge is 0.274 e. The molecular weight excluding hydrogens is 368 g/mol. The molecule has 0 bridgehead atoms. The molecule has 8 nitrogen and oxygen atoms in total. The topological polar surface area (TPSA) is 111 Å².